The van der Waals surface area contributed by atoms with Crippen LogP contribution >= 0.6 is 0 Å². The van der Waals surface area contributed by atoms with Gasteiger partial charge in [0.25, 0.3) is 0 Å². The first-order valence-corrected chi connectivity index (χ1v) is 4.54. The number of ether oxygens (including phenoxy) is 1. The van der Waals surface area contributed by atoms with Gasteiger partial charge >= 0.3 is 0 Å². The minimum Gasteiger partial charge on any atom is -1.00 e. The summed E-state index contributed by atoms with van der Waals surface area (Å²) in [4.78, 5) is 2.31. The summed E-state index contributed by atoms with van der Waals surface area (Å²) in [5.41, 5.74) is 7.66. The SMILES string of the molecule is Nc1ccc(N2CCOCC2)cc1.[Cl-].[Cl-]. The Labute approximate surface area is 102 Å². The third-order valence-corrected chi connectivity index (χ3v) is 2.27. The lowest BCUT2D eigenvalue weighted by Crippen LogP contribution is -3.00. The topological polar surface area (TPSA) is 38.5 Å². The molecule has 1 aromatic rings. The highest BCUT2D eigenvalue weighted by Crippen LogP contribution is 2.16. The first kappa shape index (κ1) is 14.4. The van der Waals surface area contributed by atoms with Crippen LogP contribution in [0.4, 0.5) is 11.4 Å². The molecule has 0 aromatic heterocycles. The average Bonchev–Trinajstić information content (AvgIpc) is 2.20. The normalized spacial score (nSPS) is 15.1. The van der Waals surface area contributed by atoms with Gasteiger partial charge in [-0.1, -0.05) is 0 Å². The maximum atomic E-state index is 5.61. The van der Waals surface area contributed by atoms with Crippen molar-refractivity contribution < 1.29 is 29.6 Å². The predicted octanol–water partition coefficient (Wildman–Crippen LogP) is -4.89. The second-order valence-electron chi connectivity index (χ2n) is 3.19. The third-order valence-electron chi connectivity index (χ3n) is 2.27. The molecule has 1 aliphatic rings. The number of hydrogen-bond acceptors (Lipinski definition) is 3. The first-order chi connectivity index (χ1) is 6.36. The van der Waals surface area contributed by atoms with E-state index in [4.69, 9.17) is 10.5 Å². The van der Waals surface area contributed by atoms with E-state index in [9.17, 15) is 0 Å². The van der Waals surface area contributed by atoms with Gasteiger partial charge in [0.1, 0.15) is 0 Å². The van der Waals surface area contributed by atoms with Crippen LogP contribution in [0.25, 0.3) is 0 Å². The molecule has 3 nitrogen and oxygen atoms in total. The molecule has 1 aliphatic heterocycles. The van der Waals surface area contributed by atoms with E-state index in [1.807, 2.05) is 12.1 Å². The molecule has 1 heterocycles. The zero-order valence-corrected chi connectivity index (χ0v) is 9.84. The van der Waals surface area contributed by atoms with Gasteiger partial charge in [0.15, 0.2) is 0 Å². The molecule has 1 fully saturated rings. The van der Waals surface area contributed by atoms with Crippen LogP contribution in [0, 0.1) is 0 Å². The van der Waals surface area contributed by atoms with Gasteiger partial charge in [0.2, 0.25) is 0 Å². The Bertz CT molecular complexity index is 273. The summed E-state index contributed by atoms with van der Waals surface area (Å²) >= 11 is 0. The van der Waals surface area contributed by atoms with Crippen LogP contribution in [0.1, 0.15) is 0 Å². The van der Waals surface area contributed by atoms with Gasteiger partial charge in [-0.25, -0.2) is 0 Å². The van der Waals surface area contributed by atoms with Gasteiger partial charge in [0, 0.05) is 24.5 Å². The average molecular weight is 249 g/mol. The van der Waals surface area contributed by atoms with Gasteiger partial charge in [-0.3, -0.25) is 0 Å². The van der Waals surface area contributed by atoms with Crippen LogP contribution in [0.2, 0.25) is 0 Å². The molecule has 0 bridgehead atoms. The lowest BCUT2D eigenvalue weighted by Gasteiger charge is -2.28. The summed E-state index contributed by atoms with van der Waals surface area (Å²) in [7, 11) is 0. The number of halogens is 2. The molecule has 15 heavy (non-hydrogen) atoms. The Morgan fingerprint density at radius 1 is 1.00 bits per heavy atom. The van der Waals surface area contributed by atoms with E-state index < -0.39 is 0 Å². The Balaban J connectivity index is 0.000000980. The van der Waals surface area contributed by atoms with Crippen LogP contribution < -0.4 is 35.4 Å². The van der Waals surface area contributed by atoms with Gasteiger partial charge in [-0.15, -0.1) is 0 Å². The van der Waals surface area contributed by atoms with Crippen molar-refractivity contribution in [1.82, 2.24) is 0 Å². The Morgan fingerprint density at radius 2 is 1.53 bits per heavy atom. The second-order valence-corrected chi connectivity index (χ2v) is 3.19. The Kier molecular flexibility index (Phi) is 6.48. The number of morpholine rings is 1. The zero-order valence-electron chi connectivity index (χ0n) is 8.33. The fourth-order valence-electron chi connectivity index (χ4n) is 1.51. The molecule has 0 aliphatic carbocycles. The van der Waals surface area contributed by atoms with Crippen LogP contribution in [-0.4, -0.2) is 26.3 Å². The van der Waals surface area contributed by atoms with Crippen molar-refractivity contribution in [3.05, 3.63) is 24.3 Å². The van der Waals surface area contributed by atoms with Gasteiger partial charge < -0.3 is 40.2 Å². The largest absolute Gasteiger partial charge is 1.00 e. The molecule has 0 unspecified atom stereocenters. The minimum absolute atomic E-state index is 0. The monoisotopic (exact) mass is 248 g/mol. The van der Waals surface area contributed by atoms with Gasteiger partial charge in [-0.05, 0) is 24.3 Å². The summed E-state index contributed by atoms with van der Waals surface area (Å²) < 4.78 is 5.28. The summed E-state index contributed by atoms with van der Waals surface area (Å²) in [6, 6.07) is 7.98. The zero-order chi connectivity index (χ0) is 9.10. The molecule has 0 radical (unpaired) electrons. The highest BCUT2D eigenvalue weighted by molar-refractivity contribution is 5.53. The Morgan fingerprint density at radius 3 is 2.07 bits per heavy atom. The molecule has 0 spiro atoms. The smallest absolute Gasteiger partial charge is 0.0642 e. The molecular formula is C10H14Cl2N2O-2. The molecule has 0 atom stereocenters. The highest BCUT2D eigenvalue weighted by atomic mass is 35.5. The number of nitrogen functional groups attached to an aromatic ring is 1. The van der Waals surface area contributed by atoms with Crippen LogP contribution in [0.5, 0.6) is 0 Å². The van der Waals surface area contributed by atoms with Crippen molar-refractivity contribution in [1.29, 1.82) is 0 Å². The van der Waals surface area contributed by atoms with E-state index in [-0.39, 0.29) is 24.8 Å². The molecule has 5 heteroatoms. The quantitative estimate of drug-likeness (QED) is 0.507. The number of benzene rings is 1. The number of rotatable bonds is 1. The molecular weight excluding hydrogens is 235 g/mol. The van der Waals surface area contributed by atoms with Gasteiger partial charge in [-0.2, -0.15) is 0 Å². The molecule has 0 amide bonds. The van der Waals surface area contributed by atoms with Crippen LogP contribution in [0.15, 0.2) is 24.3 Å². The van der Waals surface area contributed by atoms with E-state index >= 15 is 0 Å². The van der Waals surface area contributed by atoms with Crippen molar-refractivity contribution in [3.8, 4) is 0 Å². The summed E-state index contributed by atoms with van der Waals surface area (Å²) in [5.74, 6) is 0. The minimum atomic E-state index is 0. The highest BCUT2D eigenvalue weighted by Gasteiger charge is 2.09. The van der Waals surface area contributed by atoms with Crippen molar-refractivity contribution in [3.63, 3.8) is 0 Å². The van der Waals surface area contributed by atoms with E-state index in [1.165, 1.54) is 5.69 Å². The number of nitrogens with zero attached hydrogens (tertiary/aromatic N) is 1. The molecule has 2 rings (SSSR count). The molecule has 86 valence electrons. The third kappa shape index (κ3) is 3.78. The maximum absolute atomic E-state index is 5.61. The number of hydrogen-bond donors (Lipinski definition) is 1. The lowest BCUT2D eigenvalue weighted by atomic mass is 10.2. The fraction of sp³-hybridized carbons (Fsp3) is 0.400. The van der Waals surface area contributed by atoms with Crippen molar-refractivity contribution in [2.45, 2.75) is 0 Å². The predicted molar refractivity (Wildman–Crippen MR) is 53.9 cm³/mol. The number of anilines is 2. The first-order valence-electron chi connectivity index (χ1n) is 4.54. The molecule has 2 N–H and O–H groups in total. The van der Waals surface area contributed by atoms with E-state index in [2.05, 4.69) is 17.0 Å². The summed E-state index contributed by atoms with van der Waals surface area (Å²) in [6.45, 7) is 3.60. The number of nitrogens with two attached hydrogens (primary N) is 1. The maximum Gasteiger partial charge on any atom is 0.0642 e. The van der Waals surface area contributed by atoms with E-state index in [0.29, 0.717) is 0 Å². The summed E-state index contributed by atoms with van der Waals surface area (Å²) in [6.07, 6.45) is 0. The Hall–Kier alpha value is -0.640. The standard InChI is InChI=1S/C10H14N2O.2ClH/c11-9-1-3-10(4-2-9)12-5-7-13-8-6-12;;/h1-4H,5-8,11H2;2*1H/p-2. The van der Waals surface area contributed by atoms with Crippen LogP contribution in [0.3, 0.4) is 0 Å². The van der Waals surface area contributed by atoms with Crippen molar-refractivity contribution in [2.75, 3.05) is 36.9 Å². The lowest BCUT2D eigenvalue weighted by molar-refractivity contribution is -0.001000. The summed E-state index contributed by atoms with van der Waals surface area (Å²) in [5, 5.41) is 0. The second kappa shape index (κ2) is 6.77. The molecule has 1 aromatic carbocycles. The van der Waals surface area contributed by atoms with E-state index in [0.717, 1.165) is 32.0 Å². The van der Waals surface area contributed by atoms with Gasteiger partial charge in [0.05, 0.1) is 13.2 Å². The van der Waals surface area contributed by atoms with Crippen molar-refractivity contribution in [2.24, 2.45) is 0 Å². The van der Waals surface area contributed by atoms with Crippen molar-refractivity contribution >= 4 is 11.4 Å². The fourth-order valence-corrected chi connectivity index (χ4v) is 1.51. The van der Waals surface area contributed by atoms with Crippen LogP contribution in [-0.2, 0) is 4.74 Å². The van der Waals surface area contributed by atoms with E-state index in [1.54, 1.807) is 0 Å². The molecule has 0 saturated carbocycles. The molecule has 1 saturated heterocycles.